The van der Waals surface area contributed by atoms with Crippen LogP contribution in [0.1, 0.15) is 41.1 Å². The van der Waals surface area contributed by atoms with Crippen molar-refractivity contribution in [3.63, 3.8) is 0 Å². The Labute approximate surface area is 234 Å². The van der Waals surface area contributed by atoms with E-state index in [0.717, 1.165) is 10.0 Å². The van der Waals surface area contributed by atoms with Gasteiger partial charge < -0.3 is 24.6 Å². The Bertz CT molecular complexity index is 1410. The molecular formula is C30H29BrFN3O4. The van der Waals surface area contributed by atoms with E-state index < -0.39 is 35.3 Å². The lowest BCUT2D eigenvalue weighted by Gasteiger charge is -2.41. The van der Waals surface area contributed by atoms with Gasteiger partial charge in [-0.2, -0.15) is 5.26 Å². The largest absolute Gasteiger partial charge is 0.481 e. The van der Waals surface area contributed by atoms with Crippen molar-refractivity contribution in [1.82, 2.24) is 9.88 Å². The second-order valence-corrected chi connectivity index (χ2v) is 11.5. The molecule has 202 valence electrons. The van der Waals surface area contributed by atoms with Crippen molar-refractivity contribution in [3.8, 4) is 17.7 Å². The molecule has 3 aliphatic rings. The van der Waals surface area contributed by atoms with Gasteiger partial charge in [-0.25, -0.2) is 9.37 Å². The normalized spacial score (nSPS) is 30.3. The first-order chi connectivity index (χ1) is 18.8. The minimum absolute atomic E-state index is 0.0373. The maximum absolute atomic E-state index is 14.0. The van der Waals surface area contributed by atoms with E-state index in [1.807, 2.05) is 60.7 Å². The van der Waals surface area contributed by atoms with Crippen molar-refractivity contribution in [1.29, 1.82) is 5.26 Å². The molecule has 2 aromatic carbocycles. The van der Waals surface area contributed by atoms with E-state index in [2.05, 4.69) is 25.8 Å². The highest BCUT2D eigenvalue weighted by Crippen LogP contribution is 2.69. The summed E-state index contributed by atoms with van der Waals surface area (Å²) < 4.78 is 27.3. The van der Waals surface area contributed by atoms with Crippen LogP contribution in [-0.4, -0.2) is 59.1 Å². The van der Waals surface area contributed by atoms with Crippen molar-refractivity contribution in [2.24, 2.45) is 5.92 Å². The maximum Gasteiger partial charge on any atom is 0.224 e. The first-order valence-electron chi connectivity index (χ1n) is 13.1. The van der Waals surface area contributed by atoms with Crippen molar-refractivity contribution < 1.29 is 24.1 Å². The molecule has 2 aliphatic heterocycles. The number of ether oxygens (including phenoxy) is 2. The van der Waals surface area contributed by atoms with Crippen molar-refractivity contribution >= 4 is 15.9 Å². The summed E-state index contributed by atoms with van der Waals surface area (Å²) in [6.45, 7) is 1.59. The molecule has 0 bridgehead atoms. The Morgan fingerprint density at radius 1 is 1.18 bits per heavy atom. The summed E-state index contributed by atoms with van der Waals surface area (Å²) in [4.78, 5) is 6.47. The number of fused-ring (bicyclic) bond motifs is 3. The summed E-state index contributed by atoms with van der Waals surface area (Å²) in [7, 11) is 1.42. The zero-order valence-electron chi connectivity index (χ0n) is 21.4. The molecule has 6 rings (SSSR count). The Hall–Kier alpha value is -3.03. The van der Waals surface area contributed by atoms with Gasteiger partial charge in [0.15, 0.2) is 11.2 Å². The van der Waals surface area contributed by atoms with E-state index in [-0.39, 0.29) is 22.9 Å². The van der Waals surface area contributed by atoms with Gasteiger partial charge in [-0.15, -0.1) is 0 Å². The highest BCUT2D eigenvalue weighted by molar-refractivity contribution is 9.10. The topological polar surface area (TPSA) is 98.8 Å². The number of halogens is 2. The number of benzene rings is 2. The van der Waals surface area contributed by atoms with Crippen LogP contribution in [0.15, 0.2) is 65.1 Å². The average molecular weight is 594 g/mol. The molecule has 39 heavy (non-hydrogen) atoms. The standard InChI is InChI=1S/C30H29BrFN3O4/c1-38-28-26-24(15-22(16-33)34-28)39-30(19-7-9-20(31)10-8-19)25(18-5-3-2-4-6-18)23(27(36)29(26,30)37)17-35-13-11-21(32)12-14-35/h2-10,15,21,23,25,27,36-37H,11-14,17H2,1H3/t23-,25-,27-,29+,30+/m1/s1. The molecule has 0 spiro atoms. The third-order valence-electron chi connectivity index (χ3n) is 8.59. The number of rotatable bonds is 5. The predicted octanol–water partition coefficient (Wildman–Crippen LogP) is 4.41. The number of nitrogens with zero attached hydrogens (tertiary/aromatic N) is 3. The number of pyridine rings is 1. The zero-order chi connectivity index (χ0) is 27.4. The smallest absolute Gasteiger partial charge is 0.224 e. The molecule has 9 heteroatoms. The minimum Gasteiger partial charge on any atom is -0.481 e. The fourth-order valence-electron chi connectivity index (χ4n) is 6.92. The second kappa shape index (κ2) is 9.86. The van der Waals surface area contributed by atoms with E-state index >= 15 is 0 Å². The van der Waals surface area contributed by atoms with Crippen molar-refractivity contribution in [2.45, 2.75) is 42.2 Å². The molecule has 1 saturated heterocycles. The minimum atomic E-state index is -1.97. The van der Waals surface area contributed by atoms with Gasteiger partial charge in [0, 0.05) is 42.0 Å². The summed E-state index contributed by atoms with van der Waals surface area (Å²) in [5, 5.41) is 34.7. The van der Waals surface area contributed by atoms with Crippen LogP contribution >= 0.6 is 15.9 Å². The summed E-state index contributed by atoms with van der Waals surface area (Å²) in [5.74, 6) is -0.702. The first-order valence-corrected chi connectivity index (χ1v) is 13.9. The average Bonchev–Trinajstić information content (AvgIpc) is 3.32. The molecule has 5 atom stereocenters. The zero-order valence-corrected chi connectivity index (χ0v) is 23.0. The molecule has 3 heterocycles. The molecule has 0 amide bonds. The predicted molar refractivity (Wildman–Crippen MR) is 145 cm³/mol. The van der Waals surface area contributed by atoms with Gasteiger partial charge in [-0.3, -0.25) is 0 Å². The van der Waals surface area contributed by atoms with E-state index in [1.54, 1.807) is 0 Å². The lowest BCUT2D eigenvalue weighted by Crippen LogP contribution is -2.52. The maximum atomic E-state index is 14.0. The van der Waals surface area contributed by atoms with Crippen LogP contribution in [0.2, 0.25) is 0 Å². The summed E-state index contributed by atoms with van der Waals surface area (Å²) in [6, 6.07) is 20.8. The number of hydrogen-bond acceptors (Lipinski definition) is 7. The number of nitriles is 1. The lowest BCUT2D eigenvalue weighted by molar-refractivity contribution is -0.152. The molecule has 1 aliphatic carbocycles. The fraction of sp³-hybridized carbons (Fsp3) is 0.400. The Balaban J connectivity index is 1.61. The fourth-order valence-corrected chi connectivity index (χ4v) is 7.18. The van der Waals surface area contributed by atoms with Crippen LogP contribution in [0.3, 0.4) is 0 Å². The van der Waals surface area contributed by atoms with Gasteiger partial charge in [0.2, 0.25) is 5.88 Å². The van der Waals surface area contributed by atoms with Crippen LogP contribution in [0.25, 0.3) is 0 Å². The molecule has 2 fully saturated rings. The Morgan fingerprint density at radius 2 is 1.87 bits per heavy atom. The number of piperidine rings is 1. The van der Waals surface area contributed by atoms with Gasteiger partial charge in [-0.1, -0.05) is 58.4 Å². The molecule has 1 saturated carbocycles. The van der Waals surface area contributed by atoms with Crippen molar-refractivity contribution in [3.05, 3.63) is 87.5 Å². The third kappa shape index (κ3) is 3.88. The number of aliphatic hydroxyl groups excluding tert-OH is 1. The van der Waals surface area contributed by atoms with Gasteiger partial charge in [0.1, 0.15) is 23.7 Å². The van der Waals surface area contributed by atoms with Crippen LogP contribution in [0, 0.1) is 17.2 Å². The van der Waals surface area contributed by atoms with E-state index in [9.17, 15) is 19.9 Å². The van der Waals surface area contributed by atoms with E-state index in [4.69, 9.17) is 9.47 Å². The second-order valence-electron chi connectivity index (χ2n) is 10.6. The monoisotopic (exact) mass is 593 g/mol. The van der Waals surface area contributed by atoms with Gasteiger partial charge in [0.25, 0.3) is 0 Å². The molecule has 2 N–H and O–H groups in total. The quantitative estimate of drug-likeness (QED) is 0.452. The SMILES string of the molecule is COc1nc(C#N)cc2c1[C@]1(O)[C@H](O)[C@H](CN3CCC(F)CC3)[C@@H](c3ccccc3)[C@]1(c1ccc(Br)cc1)O2. The summed E-state index contributed by atoms with van der Waals surface area (Å²) in [6.07, 6.45) is -1.24. The molecule has 0 unspecified atom stereocenters. The first kappa shape index (κ1) is 26.2. The van der Waals surface area contributed by atoms with Crippen LogP contribution in [0.4, 0.5) is 4.39 Å². The number of hydrogen-bond donors (Lipinski definition) is 2. The Morgan fingerprint density at radius 3 is 2.51 bits per heavy atom. The van der Waals surface area contributed by atoms with Crippen LogP contribution in [-0.2, 0) is 11.2 Å². The van der Waals surface area contributed by atoms with Gasteiger partial charge in [-0.05, 0) is 36.1 Å². The molecule has 1 aromatic heterocycles. The van der Waals surface area contributed by atoms with E-state index in [1.165, 1.54) is 13.2 Å². The number of aromatic nitrogens is 1. The molecular weight excluding hydrogens is 565 g/mol. The third-order valence-corrected chi connectivity index (χ3v) is 9.12. The number of aliphatic hydroxyl groups is 2. The lowest BCUT2D eigenvalue weighted by atomic mass is 9.71. The van der Waals surface area contributed by atoms with Gasteiger partial charge in [0.05, 0.1) is 18.8 Å². The number of alkyl halides is 1. The highest BCUT2D eigenvalue weighted by atomic mass is 79.9. The molecule has 0 radical (unpaired) electrons. The summed E-state index contributed by atoms with van der Waals surface area (Å²) in [5.41, 5.74) is -1.57. The van der Waals surface area contributed by atoms with Crippen LogP contribution < -0.4 is 9.47 Å². The highest BCUT2D eigenvalue weighted by Gasteiger charge is 2.77. The van der Waals surface area contributed by atoms with E-state index in [0.29, 0.717) is 38.0 Å². The summed E-state index contributed by atoms with van der Waals surface area (Å²) >= 11 is 3.51. The number of methoxy groups -OCH3 is 1. The van der Waals surface area contributed by atoms with Crippen LogP contribution in [0.5, 0.6) is 11.6 Å². The molecule has 7 nitrogen and oxygen atoms in total. The van der Waals surface area contributed by atoms with Crippen molar-refractivity contribution in [2.75, 3.05) is 26.7 Å². The van der Waals surface area contributed by atoms with Gasteiger partial charge >= 0.3 is 0 Å². The number of likely N-dealkylation sites (tertiary alicyclic amines) is 1. The Kier molecular flexibility index (Phi) is 6.63. The molecule has 3 aromatic rings.